The summed E-state index contributed by atoms with van der Waals surface area (Å²) >= 11 is 0. The van der Waals surface area contributed by atoms with Gasteiger partial charge in [0.25, 0.3) is 5.56 Å². The highest BCUT2D eigenvalue weighted by molar-refractivity contribution is 5.78. The second kappa shape index (κ2) is 7.74. The maximum absolute atomic E-state index is 12.5. The summed E-state index contributed by atoms with van der Waals surface area (Å²) in [6, 6.07) is 15.1. The molecule has 0 spiro atoms. The van der Waals surface area contributed by atoms with E-state index in [1.54, 1.807) is 37.2 Å². The molecule has 3 rings (SSSR count). The number of amides is 1. The summed E-state index contributed by atoms with van der Waals surface area (Å²) in [7, 11) is 1.73. The number of nitrogens with one attached hydrogen (secondary N) is 1. The first-order valence-corrected chi connectivity index (χ1v) is 8.33. The Morgan fingerprint density at radius 3 is 2.50 bits per heavy atom. The lowest BCUT2D eigenvalue weighted by molar-refractivity contribution is -0.129. The summed E-state index contributed by atoms with van der Waals surface area (Å²) in [5, 5.41) is 0. The van der Waals surface area contributed by atoms with E-state index in [2.05, 4.69) is 15.0 Å². The number of H-pyrrole nitrogens is 1. The molecule has 0 radical (unpaired) electrons. The molecule has 0 atom stereocenters. The molecule has 2 heterocycles. The third kappa shape index (κ3) is 4.03. The largest absolute Gasteiger partial charge is 0.341 e. The van der Waals surface area contributed by atoms with E-state index in [4.69, 9.17) is 0 Å². The first kappa shape index (κ1) is 17.5. The number of rotatable bonds is 5. The maximum atomic E-state index is 12.5. The zero-order valence-corrected chi connectivity index (χ0v) is 14.8. The summed E-state index contributed by atoms with van der Waals surface area (Å²) in [5.41, 5.74) is 2.24. The zero-order chi connectivity index (χ0) is 18.5. The van der Waals surface area contributed by atoms with Crippen LogP contribution < -0.4 is 5.56 Å². The fraction of sp³-hybridized carbons (Fsp3) is 0.200. The van der Waals surface area contributed by atoms with Crippen molar-refractivity contribution in [3.63, 3.8) is 0 Å². The molecule has 0 aliphatic heterocycles. The van der Waals surface area contributed by atoms with Crippen molar-refractivity contribution in [1.82, 2.24) is 19.9 Å². The van der Waals surface area contributed by atoms with E-state index in [-0.39, 0.29) is 17.9 Å². The number of aromatic amines is 1. The number of nitrogens with zero attached hydrogens (tertiary/aromatic N) is 3. The van der Waals surface area contributed by atoms with Gasteiger partial charge in [-0.3, -0.25) is 14.6 Å². The Hall–Kier alpha value is -3.28. The summed E-state index contributed by atoms with van der Waals surface area (Å²) in [6.07, 6.45) is 1.65. The molecule has 2 aromatic heterocycles. The number of likely N-dealkylation sites (N-methyl/N-ethyl adjacent to an activating group) is 1. The van der Waals surface area contributed by atoms with Crippen molar-refractivity contribution in [2.45, 2.75) is 19.9 Å². The molecular weight excluding hydrogens is 328 g/mol. The Morgan fingerprint density at radius 2 is 1.85 bits per heavy atom. The normalized spacial score (nSPS) is 10.5. The predicted octanol–water partition coefficient (Wildman–Crippen LogP) is 2.34. The van der Waals surface area contributed by atoms with E-state index in [1.165, 1.54) is 0 Å². The Kier molecular flexibility index (Phi) is 5.22. The van der Waals surface area contributed by atoms with Crippen molar-refractivity contribution in [1.29, 1.82) is 0 Å². The molecule has 0 unspecified atom stereocenters. The highest BCUT2D eigenvalue weighted by Crippen LogP contribution is 2.12. The molecule has 1 N–H and O–H groups in total. The van der Waals surface area contributed by atoms with Gasteiger partial charge in [-0.05, 0) is 24.6 Å². The van der Waals surface area contributed by atoms with Crippen LogP contribution in [0.3, 0.4) is 0 Å². The molecule has 6 heteroatoms. The van der Waals surface area contributed by atoms with Gasteiger partial charge in [-0.1, -0.05) is 36.4 Å². The SMILES string of the molecule is Cc1nc(-c2ccccn2)[nH]c(=O)c1CC(=O)N(C)Cc1ccccc1. The minimum Gasteiger partial charge on any atom is -0.341 e. The Balaban J connectivity index is 1.77. The summed E-state index contributed by atoms with van der Waals surface area (Å²) in [5.74, 6) is 0.275. The van der Waals surface area contributed by atoms with Gasteiger partial charge in [0.15, 0.2) is 5.82 Å². The van der Waals surface area contributed by atoms with Crippen molar-refractivity contribution >= 4 is 5.91 Å². The van der Waals surface area contributed by atoms with Gasteiger partial charge in [0.2, 0.25) is 5.91 Å². The average molecular weight is 348 g/mol. The van der Waals surface area contributed by atoms with Gasteiger partial charge in [-0.2, -0.15) is 0 Å². The quantitative estimate of drug-likeness (QED) is 0.768. The first-order chi connectivity index (χ1) is 12.5. The second-order valence-electron chi connectivity index (χ2n) is 6.11. The number of carbonyl (C=O) groups excluding carboxylic acids is 1. The number of benzene rings is 1. The summed E-state index contributed by atoms with van der Waals surface area (Å²) < 4.78 is 0. The molecule has 6 nitrogen and oxygen atoms in total. The fourth-order valence-corrected chi connectivity index (χ4v) is 2.67. The van der Waals surface area contributed by atoms with Crippen molar-refractivity contribution in [3.8, 4) is 11.5 Å². The lowest BCUT2D eigenvalue weighted by atomic mass is 10.1. The van der Waals surface area contributed by atoms with Gasteiger partial charge < -0.3 is 9.88 Å². The highest BCUT2D eigenvalue weighted by atomic mass is 16.2. The summed E-state index contributed by atoms with van der Waals surface area (Å²) in [4.78, 5) is 37.9. The molecule has 132 valence electrons. The topological polar surface area (TPSA) is 79.0 Å². The third-order valence-corrected chi connectivity index (χ3v) is 4.15. The smallest absolute Gasteiger partial charge is 0.255 e. The van der Waals surface area contributed by atoms with Gasteiger partial charge in [0.05, 0.1) is 6.42 Å². The maximum Gasteiger partial charge on any atom is 0.255 e. The van der Waals surface area contributed by atoms with Crippen molar-refractivity contribution in [2.75, 3.05) is 7.05 Å². The number of carbonyl (C=O) groups is 1. The highest BCUT2D eigenvalue weighted by Gasteiger charge is 2.16. The number of hydrogen-bond acceptors (Lipinski definition) is 4. The molecule has 0 saturated carbocycles. The molecule has 0 bridgehead atoms. The standard InChI is InChI=1S/C20H20N4O2/c1-14-16(12-18(25)24(2)13-15-8-4-3-5-9-15)20(26)23-19(22-14)17-10-6-7-11-21-17/h3-11H,12-13H2,1-2H3,(H,22,23,26). The van der Waals surface area contributed by atoms with Gasteiger partial charge >= 0.3 is 0 Å². The molecule has 0 aliphatic carbocycles. The fourth-order valence-electron chi connectivity index (χ4n) is 2.67. The van der Waals surface area contributed by atoms with Gasteiger partial charge in [-0.25, -0.2) is 4.98 Å². The van der Waals surface area contributed by atoms with E-state index in [0.717, 1.165) is 5.56 Å². The number of aromatic nitrogens is 3. The molecule has 3 aromatic rings. The van der Waals surface area contributed by atoms with Crippen LogP contribution in [-0.4, -0.2) is 32.8 Å². The minimum atomic E-state index is -0.306. The number of pyridine rings is 1. The van der Waals surface area contributed by atoms with E-state index in [0.29, 0.717) is 29.3 Å². The van der Waals surface area contributed by atoms with Crippen LogP contribution in [0.25, 0.3) is 11.5 Å². The van der Waals surface area contributed by atoms with E-state index in [1.807, 2.05) is 36.4 Å². The zero-order valence-electron chi connectivity index (χ0n) is 14.8. The minimum absolute atomic E-state index is 0.0139. The lowest BCUT2D eigenvalue weighted by Crippen LogP contribution is -2.30. The van der Waals surface area contributed by atoms with Crippen LogP contribution in [0.4, 0.5) is 0 Å². The van der Waals surface area contributed by atoms with Crippen molar-refractivity contribution in [2.24, 2.45) is 0 Å². The van der Waals surface area contributed by atoms with Crippen LogP contribution in [0.1, 0.15) is 16.8 Å². The van der Waals surface area contributed by atoms with E-state index in [9.17, 15) is 9.59 Å². The van der Waals surface area contributed by atoms with Crippen molar-refractivity contribution in [3.05, 3.63) is 81.9 Å². The van der Waals surface area contributed by atoms with Gasteiger partial charge in [-0.15, -0.1) is 0 Å². The average Bonchev–Trinajstić information content (AvgIpc) is 2.66. The Morgan fingerprint density at radius 1 is 1.12 bits per heavy atom. The molecule has 0 aliphatic rings. The van der Waals surface area contributed by atoms with Crippen LogP contribution in [0.15, 0.2) is 59.5 Å². The monoisotopic (exact) mass is 348 g/mol. The molecule has 1 amide bonds. The molecule has 0 fully saturated rings. The number of hydrogen-bond donors (Lipinski definition) is 1. The van der Waals surface area contributed by atoms with Crippen LogP contribution >= 0.6 is 0 Å². The lowest BCUT2D eigenvalue weighted by Gasteiger charge is -2.17. The van der Waals surface area contributed by atoms with Gasteiger partial charge in [0.1, 0.15) is 5.69 Å². The Labute approximate surface area is 151 Å². The van der Waals surface area contributed by atoms with Crippen LogP contribution in [0, 0.1) is 6.92 Å². The van der Waals surface area contributed by atoms with Crippen LogP contribution in [0.2, 0.25) is 0 Å². The molecule has 1 aromatic carbocycles. The van der Waals surface area contributed by atoms with Crippen LogP contribution in [-0.2, 0) is 17.8 Å². The van der Waals surface area contributed by atoms with Gasteiger partial charge in [0, 0.05) is 31.0 Å². The van der Waals surface area contributed by atoms with E-state index >= 15 is 0 Å². The first-order valence-electron chi connectivity index (χ1n) is 8.33. The molecule has 26 heavy (non-hydrogen) atoms. The number of aryl methyl sites for hydroxylation is 1. The predicted molar refractivity (Wildman–Crippen MR) is 99.4 cm³/mol. The van der Waals surface area contributed by atoms with Crippen molar-refractivity contribution < 1.29 is 4.79 Å². The summed E-state index contributed by atoms with van der Waals surface area (Å²) in [6.45, 7) is 2.23. The van der Waals surface area contributed by atoms with Crippen LogP contribution in [0.5, 0.6) is 0 Å². The molecule has 0 saturated heterocycles. The third-order valence-electron chi connectivity index (χ3n) is 4.15. The molecular formula is C20H20N4O2. The van der Waals surface area contributed by atoms with E-state index < -0.39 is 0 Å². The Bertz CT molecular complexity index is 953. The second-order valence-corrected chi connectivity index (χ2v) is 6.11.